The average molecular weight is 443 g/mol. The first-order chi connectivity index (χ1) is 16.0. The minimum Gasteiger partial charge on any atom is -0.507 e. The number of hydrogen-bond donors (Lipinski definition) is 1. The van der Waals surface area contributed by atoms with E-state index in [0.29, 0.717) is 29.4 Å². The molecule has 168 valence electrons. The Bertz CT molecular complexity index is 1220. The standard InChI is InChI=1S/C27H25NO5/c1-4-33-20-12-10-19(11-13-20)28-24(18-8-6-5-7-9-18)23(26(30)27(28)31)25(29)22-15-14-21(32-3)16-17(22)2/h5-16,24,29H,4H2,1-3H3/b25-23-. The lowest BCUT2D eigenvalue weighted by atomic mass is 9.94. The summed E-state index contributed by atoms with van der Waals surface area (Å²) in [5, 5.41) is 11.3. The van der Waals surface area contributed by atoms with E-state index >= 15 is 0 Å². The highest BCUT2D eigenvalue weighted by molar-refractivity contribution is 6.51. The fourth-order valence-corrected chi connectivity index (χ4v) is 4.09. The summed E-state index contributed by atoms with van der Waals surface area (Å²) in [5.41, 5.74) is 2.51. The number of carbonyl (C=O) groups is 2. The van der Waals surface area contributed by atoms with Gasteiger partial charge in [0.25, 0.3) is 11.7 Å². The van der Waals surface area contributed by atoms with E-state index in [2.05, 4.69) is 0 Å². The molecule has 0 radical (unpaired) electrons. The van der Waals surface area contributed by atoms with Crippen LogP contribution in [0.5, 0.6) is 11.5 Å². The Labute approximate surface area is 192 Å². The quantitative estimate of drug-likeness (QED) is 0.329. The maximum Gasteiger partial charge on any atom is 0.300 e. The van der Waals surface area contributed by atoms with E-state index in [1.54, 1.807) is 49.6 Å². The van der Waals surface area contributed by atoms with Crippen molar-refractivity contribution in [1.29, 1.82) is 0 Å². The zero-order valence-corrected chi connectivity index (χ0v) is 18.7. The van der Waals surface area contributed by atoms with Gasteiger partial charge in [0.15, 0.2) is 0 Å². The topological polar surface area (TPSA) is 76.1 Å². The highest BCUT2D eigenvalue weighted by atomic mass is 16.5. The Morgan fingerprint density at radius 1 is 0.970 bits per heavy atom. The Kier molecular flexibility index (Phi) is 6.18. The van der Waals surface area contributed by atoms with Crippen LogP contribution in [0.4, 0.5) is 5.69 Å². The Balaban J connectivity index is 1.88. The van der Waals surface area contributed by atoms with Crippen molar-refractivity contribution in [2.24, 2.45) is 0 Å². The molecule has 1 amide bonds. The molecular weight excluding hydrogens is 418 g/mol. The number of aliphatic hydroxyl groups is 1. The molecule has 0 bridgehead atoms. The van der Waals surface area contributed by atoms with Gasteiger partial charge in [-0.25, -0.2) is 0 Å². The van der Waals surface area contributed by atoms with E-state index in [1.165, 1.54) is 4.90 Å². The molecule has 1 aliphatic rings. The number of aliphatic hydroxyl groups excluding tert-OH is 1. The molecule has 1 unspecified atom stereocenters. The summed E-state index contributed by atoms with van der Waals surface area (Å²) in [6.07, 6.45) is 0. The number of Topliss-reactive ketones (excluding diaryl/α,β-unsaturated/α-hetero) is 1. The molecule has 3 aromatic carbocycles. The Hall–Kier alpha value is -4.06. The molecule has 0 aromatic heterocycles. The first-order valence-corrected chi connectivity index (χ1v) is 10.7. The number of ketones is 1. The maximum atomic E-state index is 13.2. The van der Waals surface area contributed by atoms with Crippen LogP contribution in [0.3, 0.4) is 0 Å². The number of anilines is 1. The Morgan fingerprint density at radius 3 is 2.24 bits per heavy atom. The number of aryl methyl sites for hydroxylation is 1. The molecule has 0 aliphatic carbocycles. The monoisotopic (exact) mass is 443 g/mol. The second-order valence-corrected chi connectivity index (χ2v) is 7.69. The first kappa shape index (κ1) is 22.1. The average Bonchev–Trinajstić information content (AvgIpc) is 3.10. The van der Waals surface area contributed by atoms with Gasteiger partial charge in [-0.3, -0.25) is 14.5 Å². The van der Waals surface area contributed by atoms with Crippen LogP contribution in [-0.4, -0.2) is 30.5 Å². The summed E-state index contributed by atoms with van der Waals surface area (Å²) < 4.78 is 10.8. The van der Waals surface area contributed by atoms with Crippen LogP contribution in [0, 0.1) is 6.92 Å². The number of methoxy groups -OCH3 is 1. The van der Waals surface area contributed by atoms with Gasteiger partial charge in [0.2, 0.25) is 0 Å². The smallest absolute Gasteiger partial charge is 0.300 e. The number of hydrogen-bond acceptors (Lipinski definition) is 5. The molecule has 3 aromatic rings. The van der Waals surface area contributed by atoms with Crippen molar-refractivity contribution in [3.05, 3.63) is 95.1 Å². The fourth-order valence-electron chi connectivity index (χ4n) is 4.09. The summed E-state index contributed by atoms with van der Waals surface area (Å²) in [4.78, 5) is 27.9. The van der Waals surface area contributed by atoms with Crippen LogP contribution < -0.4 is 14.4 Å². The number of nitrogens with zero attached hydrogens (tertiary/aromatic N) is 1. The molecule has 4 rings (SSSR count). The van der Waals surface area contributed by atoms with Crippen LogP contribution in [0.15, 0.2) is 78.4 Å². The van der Waals surface area contributed by atoms with Gasteiger partial charge in [-0.1, -0.05) is 30.3 Å². The summed E-state index contributed by atoms with van der Waals surface area (Å²) >= 11 is 0. The lowest BCUT2D eigenvalue weighted by molar-refractivity contribution is -0.132. The SMILES string of the molecule is CCOc1ccc(N2C(=O)C(=O)/C(=C(\O)c3ccc(OC)cc3C)C2c2ccccc2)cc1. The van der Waals surface area contributed by atoms with Crippen molar-refractivity contribution in [3.63, 3.8) is 0 Å². The molecule has 0 spiro atoms. The Morgan fingerprint density at radius 2 is 1.64 bits per heavy atom. The van der Waals surface area contributed by atoms with Crippen molar-refractivity contribution >= 4 is 23.1 Å². The zero-order chi connectivity index (χ0) is 23.5. The molecule has 33 heavy (non-hydrogen) atoms. The molecule has 1 N–H and O–H groups in total. The minimum atomic E-state index is -0.773. The number of rotatable bonds is 6. The summed E-state index contributed by atoms with van der Waals surface area (Å²) in [6.45, 7) is 4.23. The highest BCUT2D eigenvalue weighted by Crippen LogP contribution is 2.42. The molecule has 1 saturated heterocycles. The highest BCUT2D eigenvalue weighted by Gasteiger charge is 2.47. The number of ether oxygens (including phenoxy) is 2. The van der Waals surface area contributed by atoms with Gasteiger partial charge in [0, 0.05) is 11.3 Å². The largest absolute Gasteiger partial charge is 0.507 e. The van der Waals surface area contributed by atoms with E-state index in [1.807, 2.05) is 44.2 Å². The van der Waals surface area contributed by atoms with Crippen molar-refractivity contribution in [2.75, 3.05) is 18.6 Å². The lowest BCUT2D eigenvalue weighted by Crippen LogP contribution is -2.29. The third-order valence-electron chi connectivity index (χ3n) is 5.67. The van der Waals surface area contributed by atoms with Crippen molar-refractivity contribution < 1.29 is 24.2 Å². The van der Waals surface area contributed by atoms with Crippen LogP contribution in [0.2, 0.25) is 0 Å². The maximum absolute atomic E-state index is 13.2. The van der Waals surface area contributed by atoms with Crippen LogP contribution in [-0.2, 0) is 9.59 Å². The molecule has 1 atom stereocenters. The van der Waals surface area contributed by atoms with E-state index < -0.39 is 17.7 Å². The van der Waals surface area contributed by atoms with Gasteiger partial charge in [0.1, 0.15) is 17.3 Å². The fraction of sp³-hybridized carbons (Fsp3) is 0.185. The summed E-state index contributed by atoms with van der Waals surface area (Å²) in [6, 6.07) is 20.6. The molecule has 6 heteroatoms. The number of benzene rings is 3. The molecule has 1 aliphatic heterocycles. The first-order valence-electron chi connectivity index (χ1n) is 10.7. The van der Waals surface area contributed by atoms with Gasteiger partial charge in [-0.15, -0.1) is 0 Å². The van der Waals surface area contributed by atoms with E-state index in [0.717, 1.165) is 11.1 Å². The van der Waals surface area contributed by atoms with E-state index in [9.17, 15) is 14.7 Å². The third-order valence-corrected chi connectivity index (χ3v) is 5.67. The van der Waals surface area contributed by atoms with E-state index in [4.69, 9.17) is 9.47 Å². The van der Waals surface area contributed by atoms with Crippen molar-refractivity contribution in [2.45, 2.75) is 19.9 Å². The van der Waals surface area contributed by atoms with Crippen molar-refractivity contribution in [3.8, 4) is 11.5 Å². The summed E-state index contributed by atoms with van der Waals surface area (Å²) in [7, 11) is 1.56. The third kappa shape index (κ3) is 4.07. The lowest BCUT2D eigenvalue weighted by Gasteiger charge is -2.25. The molecule has 1 heterocycles. The van der Waals surface area contributed by atoms with Crippen LogP contribution in [0.1, 0.15) is 29.7 Å². The molecular formula is C27H25NO5. The van der Waals surface area contributed by atoms with Gasteiger partial charge < -0.3 is 14.6 Å². The normalized spacial score (nSPS) is 17.3. The molecule has 0 saturated carbocycles. The summed E-state index contributed by atoms with van der Waals surface area (Å²) in [5.74, 6) is -0.330. The molecule has 1 fully saturated rings. The minimum absolute atomic E-state index is 0.0494. The number of carbonyl (C=O) groups excluding carboxylic acids is 2. The van der Waals surface area contributed by atoms with Gasteiger partial charge in [0.05, 0.1) is 25.3 Å². The van der Waals surface area contributed by atoms with E-state index in [-0.39, 0.29) is 11.3 Å². The second-order valence-electron chi connectivity index (χ2n) is 7.69. The zero-order valence-electron chi connectivity index (χ0n) is 18.7. The molecule has 6 nitrogen and oxygen atoms in total. The van der Waals surface area contributed by atoms with Crippen LogP contribution in [0.25, 0.3) is 5.76 Å². The van der Waals surface area contributed by atoms with Gasteiger partial charge >= 0.3 is 0 Å². The van der Waals surface area contributed by atoms with Crippen LogP contribution >= 0.6 is 0 Å². The second kappa shape index (κ2) is 9.20. The van der Waals surface area contributed by atoms with Gasteiger partial charge in [-0.2, -0.15) is 0 Å². The number of amides is 1. The van der Waals surface area contributed by atoms with Crippen molar-refractivity contribution in [1.82, 2.24) is 0 Å². The predicted molar refractivity (Wildman–Crippen MR) is 127 cm³/mol. The van der Waals surface area contributed by atoms with Gasteiger partial charge in [-0.05, 0) is 67.4 Å². The predicted octanol–water partition coefficient (Wildman–Crippen LogP) is 5.03.